The smallest absolute Gasteiger partial charge is 0.321 e. The van der Waals surface area contributed by atoms with E-state index in [-0.39, 0.29) is 0 Å². The number of amides is 3. The van der Waals surface area contributed by atoms with E-state index in [0.29, 0.717) is 5.75 Å². The molecule has 1 rings (SSSR count). The number of hydrogen-bond acceptors (Lipinski definition) is 3. The van der Waals surface area contributed by atoms with Crippen molar-refractivity contribution in [1.29, 1.82) is 0 Å². The molecule has 5 heteroatoms. The summed E-state index contributed by atoms with van der Waals surface area (Å²) < 4.78 is 5.46. The summed E-state index contributed by atoms with van der Waals surface area (Å²) in [4.78, 5) is 22.5. The van der Waals surface area contributed by atoms with Crippen LogP contribution in [0.5, 0.6) is 5.75 Å². The maximum absolute atomic E-state index is 11.5. The average Bonchev–Trinajstić information content (AvgIpc) is 2.31. The van der Waals surface area contributed by atoms with Crippen LogP contribution in [0.15, 0.2) is 24.3 Å². The van der Waals surface area contributed by atoms with E-state index in [2.05, 4.69) is 10.6 Å². The molecule has 0 radical (unpaired) electrons. The fourth-order valence-corrected chi connectivity index (χ4v) is 1.21. The van der Waals surface area contributed by atoms with Crippen LogP contribution in [0.1, 0.15) is 12.5 Å². The Morgan fingerprint density at radius 3 is 2.53 bits per heavy atom. The zero-order valence-electron chi connectivity index (χ0n) is 10.1. The van der Waals surface area contributed by atoms with Crippen LogP contribution >= 0.6 is 0 Å². The van der Waals surface area contributed by atoms with Gasteiger partial charge in [-0.3, -0.25) is 10.1 Å². The van der Waals surface area contributed by atoms with Crippen molar-refractivity contribution in [2.24, 2.45) is 0 Å². The molecular formula is C12H16N2O3. The third-order valence-electron chi connectivity index (χ3n) is 2.23. The van der Waals surface area contributed by atoms with Crippen molar-refractivity contribution in [3.8, 4) is 5.75 Å². The minimum Gasteiger partial charge on any atom is -0.481 e. The van der Waals surface area contributed by atoms with Gasteiger partial charge in [0.15, 0.2) is 6.10 Å². The fourth-order valence-electron chi connectivity index (χ4n) is 1.21. The van der Waals surface area contributed by atoms with Gasteiger partial charge in [0.25, 0.3) is 5.91 Å². The molecule has 1 atom stereocenters. The molecule has 92 valence electrons. The minimum absolute atomic E-state index is 0.479. The van der Waals surface area contributed by atoms with E-state index < -0.39 is 18.0 Å². The lowest BCUT2D eigenvalue weighted by Crippen LogP contribution is -2.44. The highest BCUT2D eigenvalue weighted by Crippen LogP contribution is 2.17. The van der Waals surface area contributed by atoms with E-state index >= 15 is 0 Å². The first-order valence-corrected chi connectivity index (χ1v) is 5.29. The Morgan fingerprint density at radius 2 is 1.94 bits per heavy atom. The number of carbonyl (C=O) groups is 2. The van der Waals surface area contributed by atoms with E-state index in [1.165, 1.54) is 7.05 Å². The number of benzene rings is 1. The Morgan fingerprint density at radius 1 is 1.29 bits per heavy atom. The largest absolute Gasteiger partial charge is 0.481 e. The molecule has 0 spiro atoms. The van der Waals surface area contributed by atoms with Gasteiger partial charge in [-0.15, -0.1) is 0 Å². The number of imide groups is 1. The van der Waals surface area contributed by atoms with Gasteiger partial charge < -0.3 is 10.1 Å². The maximum atomic E-state index is 11.5. The molecule has 0 bridgehead atoms. The molecule has 0 saturated heterocycles. The second-order valence-electron chi connectivity index (χ2n) is 3.59. The summed E-state index contributed by atoms with van der Waals surface area (Å²) in [6, 6.07) is 6.83. The quantitative estimate of drug-likeness (QED) is 0.829. The third-order valence-corrected chi connectivity index (χ3v) is 2.23. The lowest BCUT2D eigenvalue weighted by molar-refractivity contribution is -0.126. The highest BCUT2D eigenvalue weighted by Gasteiger charge is 2.17. The number of para-hydroxylation sites is 1. The number of urea groups is 1. The highest BCUT2D eigenvalue weighted by molar-refractivity contribution is 5.96. The first-order valence-electron chi connectivity index (χ1n) is 5.29. The highest BCUT2D eigenvalue weighted by atomic mass is 16.5. The second-order valence-corrected chi connectivity index (χ2v) is 3.59. The molecule has 5 nitrogen and oxygen atoms in total. The molecule has 0 heterocycles. The van der Waals surface area contributed by atoms with Crippen LogP contribution in [0.3, 0.4) is 0 Å². The van der Waals surface area contributed by atoms with Crippen molar-refractivity contribution in [1.82, 2.24) is 10.6 Å². The molecule has 3 amide bonds. The van der Waals surface area contributed by atoms with E-state index in [1.807, 2.05) is 25.1 Å². The van der Waals surface area contributed by atoms with Crippen LogP contribution in [0, 0.1) is 6.92 Å². The molecule has 0 aliphatic heterocycles. The zero-order chi connectivity index (χ0) is 12.8. The van der Waals surface area contributed by atoms with E-state index in [1.54, 1.807) is 13.0 Å². The van der Waals surface area contributed by atoms with Crippen molar-refractivity contribution in [3.05, 3.63) is 29.8 Å². The number of aryl methyl sites for hydroxylation is 1. The van der Waals surface area contributed by atoms with Crippen molar-refractivity contribution in [3.63, 3.8) is 0 Å². The maximum Gasteiger partial charge on any atom is 0.321 e. The SMILES string of the molecule is CNC(=O)NC(=O)[C@@H](C)Oc1ccccc1C. The lowest BCUT2D eigenvalue weighted by Gasteiger charge is -2.15. The van der Waals surface area contributed by atoms with Crippen molar-refractivity contribution >= 4 is 11.9 Å². The van der Waals surface area contributed by atoms with Crippen molar-refractivity contribution < 1.29 is 14.3 Å². The Hall–Kier alpha value is -2.04. The van der Waals surface area contributed by atoms with Gasteiger partial charge in [0.05, 0.1) is 0 Å². The Bertz CT molecular complexity index is 418. The Balaban J connectivity index is 2.60. The van der Waals surface area contributed by atoms with Crippen LogP contribution in [0.2, 0.25) is 0 Å². The fraction of sp³-hybridized carbons (Fsp3) is 0.333. The number of nitrogens with one attached hydrogen (secondary N) is 2. The predicted octanol–water partition coefficient (Wildman–Crippen LogP) is 1.22. The van der Waals surface area contributed by atoms with Gasteiger partial charge in [-0.25, -0.2) is 4.79 Å². The van der Waals surface area contributed by atoms with Crippen LogP contribution in [0.25, 0.3) is 0 Å². The first kappa shape index (κ1) is 13.0. The Kier molecular flexibility index (Phi) is 4.51. The van der Waals surface area contributed by atoms with E-state index in [9.17, 15) is 9.59 Å². The topological polar surface area (TPSA) is 67.4 Å². The van der Waals surface area contributed by atoms with Gasteiger partial charge in [0.2, 0.25) is 0 Å². The van der Waals surface area contributed by atoms with Gasteiger partial charge >= 0.3 is 6.03 Å². The molecule has 1 aromatic rings. The molecule has 0 aliphatic carbocycles. The number of hydrogen-bond donors (Lipinski definition) is 2. The average molecular weight is 236 g/mol. The summed E-state index contributed by atoms with van der Waals surface area (Å²) in [5.74, 6) is 0.152. The monoisotopic (exact) mass is 236 g/mol. The second kappa shape index (κ2) is 5.89. The summed E-state index contributed by atoms with van der Waals surface area (Å²) in [5.41, 5.74) is 0.937. The molecule has 0 fully saturated rings. The van der Waals surface area contributed by atoms with Gasteiger partial charge in [-0.05, 0) is 25.5 Å². The minimum atomic E-state index is -0.728. The summed E-state index contributed by atoms with van der Waals surface area (Å²) in [5, 5.41) is 4.45. The normalized spacial score (nSPS) is 11.5. The molecule has 1 aromatic carbocycles. The van der Waals surface area contributed by atoms with Gasteiger partial charge in [-0.2, -0.15) is 0 Å². The van der Waals surface area contributed by atoms with Gasteiger partial charge in [0, 0.05) is 7.05 Å². The standard InChI is InChI=1S/C12H16N2O3/c1-8-6-4-5-7-10(8)17-9(2)11(15)14-12(16)13-3/h4-7,9H,1-3H3,(H2,13,14,15,16)/t9-/m1/s1. The molecule has 17 heavy (non-hydrogen) atoms. The number of ether oxygens (including phenoxy) is 1. The molecule has 0 aliphatic rings. The third kappa shape index (κ3) is 3.79. The Labute approximate surface area is 100 Å². The molecule has 0 unspecified atom stereocenters. The summed E-state index contributed by atoms with van der Waals surface area (Å²) in [6.45, 7) is 3.48. The molecule has 0 aromatic heterocycles. The summed E-state index contributed by atoms with van der Waals surface area (Å²) in [7, 11) is 1.44. The molecule has 2 N–H and O–H groups in total. The molecule has 0 saturated carbocycles. The van der Waals surface area contributed by atoms with Crippen LogP contribution in [-0.2, 0) is 4.79 Å². The van der Waals surface area contributed by atoms with E-state index in [4.69, 9.17) is 4.74 Å². The zero-order valence-corrected chi connectivity index (χ0v) is 10.1. The first-order chi connectivity index (χ1) is 8.04. The molecular weight excluding hydrogens is 220 g/mol. The van der Waals surface area contributed by atoms with Gasteiger partial charge in [-0.1, -0.05) is 18.2 Å². The van der Waals surface area contributed by atoms with Crippen molar-refractivity contribution in [2.45, 2.75) is 20.0 Å². The van der Waals surface area contributed by atoms with Crippen LogP contribution in [-0.4, -0.2) is 25.1 Å². The summed E-state index contributed by atoms with van der Waals surface area (Å²) >= 11 is 0. The van der Waals surface area contributed by atoms with Crippen LogP contribution < -0.4 is 15.4 Å². The number of rotatable bonds is 3. The number of carbonyl (C=O) groups excluding carboxylic acids is 2. The van der Waals surface area contributed by atoms with Crippen molar-refractivity contribution in [2.75, 3.05) is 7.05 Å². The van der Waals surface area contributed by atoms with Crippen LogP contribution in [0.4, 0.5) is 4.79 Å². The van der Waals surface area contributed by atoms with E-state index in [0.717, 1.165) is 5.56 Å². The summed E-state index contributed by atoms with van der Waals surface area (Å²) in [6.07, 6.45) is -0.728. The van der Waals surface area contributed by atoms with Gasteiger partial charge in [0.1, 0.15) is 5.75 Å². The predicted molar refractivity (Wildman–Crippen MR) is 63.9 cm³/mol. The lowest BCUT2D eigenvalue weighted by atomic mass is 10.2.